The van der Waals surface area contributed by atoms with Crippen molar-refractivity contribution in [1.82, 2.24) is 5.32 Å². The van der Waals surface area contributed by atoms with Crippen LogP contribution in [0.4, 0.5) is 0 Å². The minimum absolute atomic E-state index is 0.00830. The quantitative estimate of drug-likeness (QED) is 0.845. The van der Waals surface area contributed by atoms with Gasteiger partial charge in [-0.2, -0.15) is 0 Å². The third kappa shape index (κ3) is 4.32. The Kier molecular flexibility index (Phi) is 5.42. The second kappa shape index (κ2) is 7.13. The lowest BCUT2D eigenvalue weighted by atomic mass is 9.85. The van der Waals surface area contributed by atoms with Crippen molar-refractivity contribution < 1.29 is 19.4 Å². The van der Waals surface area contributed by atoms with Crippen LogP contribution in [-0.4, -0.2) is 35.7 Å². The summed E-state index contributed by atoms with van der Waals surface area (Å²) < 4.78 is 5.40. The van der Waals surface area contributed by atoms with Crippen LogP contribution in [0.5, 0.6) is 0 Å². The number of amides is 1. The predicted molar refractivity (Wildman–Crippen MR) is 87.6 cm³/mol. The zero-order valence-electron chi connectivity index (χ0n) is 14.0. The van der Waals surface area contributed by atoms with Gasteiger partial charge in [-0.15, -0.1) is 0 Å². The van der Waals surface area contributed by atoms with Gasteiger partial charge in [0.05, 0.1) is 18.6 Å². The van der Waals surface area contributed by atoms with Gasteiger partial charge < -0.3 is 15.2 Å². The molecule has 1 aromatic rings. The monoisotopic (exact) mass is 319 g/mol. The molecule has 0 radical (unpaired) electrons. The Balaban J connectivity index is 2.15. The fourth-order valence-electron chi connectivity index (χ4n) is 2.77. The zero-order chi connectivity index (χ0) is 17.0. The van der Waals surface area contributed by atoms with Crippen LogP contribution < -0.4 is 5.32 Å². The maximum absolute atomic E-state index is 12.6. The highest BCUT2D eigenvalue weighted by atomic mass is 16.5. The maximum atomic E-state index is 12.6. The number of carbonyl (C=O) groups is 2. The second-order valence-corrected chi connectivity index (χ2v) is 6.78. The van der Waals surface area contributed by atoms with Gasteiger partial charge in [-0.25, -0.2) is 0 Å². The summed E-state index contributed by atoms with van der Waals surface area (Å²) in [7, 11) is 0. The average Bonchev–Trinajstić information content (AvgIpc) is 3.00. The summed E-state index contributed by atoms with van der Waals surface area (Å²) in [6, 6.07) is 7.52. The molecular formula is C18H25NO4. The van der Waals surface area contributed by atoms with E-state index in [4.69, 9.17) is 9.84 Å². The Labute approximate surface area is 137 Å². The van der Waals surface area contributed by atoms with E-state index in [1.54, 1.807) is 13.0 Å². The van der Waals surface area contributed by atoms with Crippen LogP contribution in [0.25, 0.3) is 0 Å². The molecule has 5 nitrogen and oxygen atoms in total. The van der Waals surface area contributed by atoms with E-state index in [0.29, 0.717) is 18.1 Å². The van der Waals surface area contributed by atoms with Gasteiger partial charge in [0.1, 0.15) is 0 Å². The summed E-state index contributed by atoms with van der Waals surface area (Å²) in [6.45, 7) is 7.04. The molecule has 1 aliphatic heterocycles. The SMILES string of the molecule is CC(C)C(C)(CC(=O)O)NC(=O)c1cccc(C2CCOC2)c1. The van der Waals surface area contributed by atoms with Crippen molar-refractivity contribution in [2.75, 3.05) is 13.2 Å². The second-order valence-electron chi connectivity index (χ2n) is 6.78. The summed E-state index contributed by atoms with van der Waals surface area (Å²) in [5, 5.41) is 12.0. The van der Waals surface area contributed by atoms with Crippen molar-refractivity contribution in [2.45, 2.75) is 45.1 Å². The smallest absolute Gasteiger partial charge is 0.305 e. The van der Waals surface area contributed by atoms with Crippen LogP contribution in [0.2, 0.25) is 0 Å². The van der Waals surface area contributed by atoms with Crippen LogP contribution in [0, 0.1) is 5.92 Å². The van der Waals surface area contributed by atoms with Crippen LogP contribution in [0.15, 0.2) is 24.3 Å². The third-order valence-electron chi connectivity index (χ3n) is 4.74. The Bertz CT molecular complexity index is 578. The number of carboxylic acids is 1. The number of hydrogen-bond acceptors (Lipinski definition) is 3. The van der Waals surface area contributed by atoms with Crippen molar-refractivity contribution in [1.29, 1.82) is 0 Å². The first kappa shape index (κ1) is 17.5. The molecule has 23 heavy (non-hydrogen) atoms. The van der Waals surface area contributed by atoms with Crippen LogP contribution in [0.1, 0.15) is 55.5 Å². The minimum Gasteiger partial charge on any atom is -0.481 e. The molecule has 0 aromatic heterocycles. The van der Waals surface area contributed by atoms with Crippen LogP contribution >= 0.6 is 0 Å². The Hall–Kier alpha value is -1.88. The van der Waals surface area contributed by atoms with E-state index in [1.807, 2.05) is 32.0 Å². The van der Waals surface area contributed by atoms with Gasteiger partial charge >= 0.3 is 5.97 Å². The van der Waals surface area contributed by atoms with Gasteiger partial charge in [-0.3, -0.25) is 9.59 Å². The molecule has 0 spiro atoms. The average molecular weight is 319 g/mol. The van der Waals surface area contributed by atoms with E-state index >= 15 is 0 Å². The molecule has 1 aliphatic rings. The number of aliphatic carboxylic acids is 1. The van der Waals surface area contributed by atoms with E-state index in [2.05, 4.69) is 5.32 Å². The highest BCUT2D eigenvalue weighted by Crippen LogP contribution is 2.26. The molecule has 0 bridgehead atoms. The maximum Gasteiger partial charge on any atom is 0.305 e. The van der Waals surface area contributed by atoms with Gasteiger partial charge in [0.25, 0.3) is 5.91 Å². The highest BCUT2D eigenvalue weighted by Gasteiger charge is 2.33. The molecule has 1 aromatic carbocycles. The van der Waals surface area contributed by atoms with Crippen molar-refractivity contribution in [2.24, 2.45) is 5.92 Å². The molecule has 1 saturated heterocycles. The van der Waals surface area contributed by atoms with Crippen molar-refractivity contribution in [3.05, 3.63) is 35.4 Å². The topological polar surface area (TPSA) is 75.6 Å². The van der Waals surface area contributed by atoms with E-state index < -0.39 is 11.5 Å². The number of hydrogen-bond donors (Lipinski definition) is 2. The first-order valence-electron chi connectivity index (χ1n) is 8.04. The van der Waals surface area contributed by atoms with Gasteiger partial charge in [-0.1, -0.05) is 26.0 Å². The summed E-state index contributed by atoms with van der Waals surface area (Å²) in [5.41, 5.74) is 0.876. The molecule has 2 N–H and O–H groups in total. The molecule has 0 saturated carbocycles. The molecule has 1 amide bonds. The Morgan fingerprint density at radius 3 is 2.74 bits per heavy atom. The lowest BCUT2D eigenvalue weighted by Gasteiger charge is -2.33. The number of ether oxygens (including phenoxy) is 1. The number of benzene rings is 1. The molecule has 5 heteroatoms. The fraction of sp³-hybridized carbons (Fsp3) is 0.556. The van der Waals surface area contributed by atoms with Gasteiger partial charge in [0, 0.05) is 18.1 Å². The number of carbonyl (C=O) groups excluding carboxylic acids is 1. The first-order valence-corrected chi connectivity index (χ1v) is 8.04. The molecular weight excluding hydrogens is 294 g/mol. The van der Waals surface area contributed by atoms with E-state index in [0.717, 1.165) is 18.6 Å². The van der Waals surface area contributed by atoms with E-state index in [9.17, 15) is 9.59 Å². The third-order valence-corrected chi connectivity index (χ3v) is 4.74. The Morgan fingerprint density at radius 1 is 1.43 bits per heavy atom. The van der Waals surface area contributed by atoms with Gasteiger partial charge in [0.2, 0.25) is 0 Å². The summed E-state index contributed by atoms with van der Waals surface area (Å²) in [6.07, 6.45) is 0.861. The molecule has 126 valence electrons. The fourth-order valence-corrected chi connectivity index (χ4v) is 2.77. The normalized spacial score (nSPS) is 20.3. The summed E-state index contributed by atoms with van der Waals surface area (Å²) >= 11 is 0. The highest BCUT2D eigenvalue weighted by molar-refractivity contribution is 5.95. The molecule has 1 heterocycles. The zero-order valence-corrected chi connectivity index (χ0v) is 14.0. The number of nitrogens with one attached hydrogen (secondary N) is 1. The molecule has 2 unspecified atom stereocenters. The number of carboxylic acid groups (broad SMARTS) is 1. The van der Waals surface area contributed by atoms with Crippen LogP contribution in [-0.2, 0) is 9.53 Å². The standard InChI is InChI=1S/C18H25NO4/c1-12(2)18(3,10-16(20)21)19-17(22)14-6-4-5-13(9-14)15-7-8-23-11-15/h4-6,9,12,15H,7-8,10-11H2,1-3H3,(H,19,22)(H,20,21). The van der Waals surface area contributed by atoms with Crippen molar-refractivity contribution in [3.63, 3.8) is 0 Å². The molecule has 2 rings (SSSR count). The number of rotatable bonds is 6. The summed E-state index contributed by atoms with van der Waals surface area (Å²) in [5.74, 6) is -0.811. The van der Waals surface area contributed by atoms with Crippen LogP contribution in [0.3, 0.4) is 0 Å². The molecule has 2 atom stereocenters. The summed E-state index contributed by atoms with van der Waals surface area (Å²) in [4.78, 5) is 23.7. The lowest BCUT2D eigenvalue weighted by molar-refractivity contribution is -0.138. The van der Waals surface area contributed by atoms with Gasteiger partial charge in [0.15, 0.2) is 0 Å². The van der Waals surface area contributed by atoms with Gasteiger partial charge in [-0.05, 0) is 37.0 Å². The largest absolute Gasteiger partial charge is 0.481 e. The van der Waals surface area contributed by atoms with Crippen molar-refractivity contribution >= 4 is 11.9 Å². The van der Waals surface area contributed by atoms with E-state index in [-0.39, 0.29) is 18.2 Å². The molecule has 0 aliphatic carbocycles. The predicted octanol–water partition coefficient (Wildman–Crippen LogP) is 2.81. The van der Waals surface area contributed by atoms with Crippen molar-refractivity contribution in [3.8, 4) is 0 Å². The minimum atomic E-state index is -0.918. The molecule has 1 fully saturated rings. The van der Waals surface area contributed by atoms with E-state index in [1.165, 1.54) is 0 Å². The Morgan fingerprint density at radius 2 is 2.17 bits per heavy atom. The first-order chi connectivity index (χ1) is 10.8. The lowest BCUT2D eigenvalue weighted by Crippen LogP contribution is -2.51.